The molecule has 0 amide bonds. The van der Waals surface area contributed by atoms with Gasteiger partial charge in [-0.2, -0.15) is 13.2 Å². The molecule has 0 aliphatic carbocycles. The zero-order valence-corrected chi connectivity index (χ0v) is 10.6. The van der Waals surface area contributed by atoms with Gasteiger partial charge < -0.3 is 10.4 Å². The molecule has 0 fully saturated rings. The van der Waals surface area contributed by atoms with Crippen LogP contribution in [0.1, 0.15) is 0 Å². The normalized spacial score (nSPS) is 13.2. The molecule has 3 nitrogen and oxygen atoms in total. The summed E-state index contributed by atoms with van der Waals surface area (Å²) in [5.41, 5.74) is 0.465. The van der Waals surface area contributed by atoms with Crippen LogP contribution >= 0.6 is 22.6 Å². The summed E-state index contributed by atoms with van der Waals surface area (Å²) in [4.78, 5) is 10.5. The fourth-order valence-electron chi connectivity index (χ4n) is 1.16. The van der Waals surface area contributed by atoms with E-state index in [1.54, 1.807) is 24.3 Å². The van der Waals surface area contributed by atoms with Gasteiger partial charge in [-0.05, 0) is 40.8 Å². The molecule has 94 valence electrons. The molecular formula is C10H9F3INO2. The third-order valence-corrected chi connectivity index (χ3v) is 2.70. The highest BCUT2D eigenvalue weighted by atomic mass is 127. The lowest BCUT2D eigenvalue weighted by molar-refractivity contribution is -0.190. The number of nitrogens with one attached hydrogen (secondary N) is 1. The predicted molar refractivity (Wildman–Crippen MR) is 64.8 cm³/mol. The van der Waals surface area contributed by atoms with Crippen molar-refractivity contribution in [3.63, 3.8) is 0 Å². The van der Waals surface area contributed by atoms with Gasteiger partial charge in [0.25, 0.3) is 0 Å². The number of rotatable bonds is 4. The Kier molecular flexibility index (Phi) is 4.61. The molecule has 0 heterocycles. The van der Waals surface area contributed by atoms with Crippen molar-refractivity contribution >= 4 is 34.2 Å². The Bertz CT molecular complexity index is 409. The van der Waals surface area contributed by atoms with Crippen LogP contribution in [-0.4, -0.2) is 23.8 Å². The summed E-state index contributed by atoms with van der Waals surface area (Å²) in [5, 5.41) is 10.9. The lowest BCUT2D eigenvalue weighted by Crippen LogP contribution is -2.36. The van der Waals surface area contributed by atoms with E-state index in [4.69, 9.17) is 5.11 Å². The van der Waals surface area contributed by atoms with Gasteiger partial charge in [-0.3, -0.25) is 4.79 Å². The van der Waals surface area contributed by atoms with Crippen LogP contribution in [0.15, 0.2) is 24.3 Å². The van der Waals surface area contributed by atoms with Crippen LogP contribution < -0.4 is 5.32 Å². The maximum absolute atomic E-state index is 12.3. The number of hydrogen-bond donors (Lipinski definition) is 2. The Morgan fingerprint density at radius 1 is 1.47 bits per heavy atom. The predicted octanol–water partition coefficient (Wildman–Crippen LogP) is 2.97. The van der Waals surface area contributed by atoms with Crippen molar-refractivity contribution in [1.29, 1.82) is 0 Å². The van der Waals surface area contributed by atoms with Crippen LogP contribution in [0.2, 0.25) is 0 Å². The molecule has 0 saturated carbocycles. The molecule has 1 aromatic carbocycles. The van der Waals surface area contributed by atoms with E-state index in [1.807, 2.05) is 22.6 Å². The van der Waals surface area contributed by atoms with E-state index < -0.39 is 24.6 Å². The molecule has 0 bridgehead atoms. The van der Waals surface area contributed by atoms with Gasteiger partial charge in [0.1, 0.15) is 0 Å². The average molecular weight is 359 g/mol. The van der Waals surface area contributed by atoms with E-state index in [0.717, 1.165) is 3.57 Å². The Morgan fingerprint density at radius 2 is 2.12 bits per heavy atom. The minimum Gasteiger partial charge on any atom is -0.481 e. The van der Waals surface area contributed by atoms with Gasteiger partial charge in [-0.1, -0.05) is 6.07 Å². The summed E-state index contributed by atoms with van der Waals surface area (Å²) < 4.78 is 37.8. The van der Waals surface area contributed by atoms with Gasteiger partial charge in [-0.15, -0.1) is 0 Å². The van der Waals surface area contributed by atoms with E-state index in [0.29, 0.717) is 5.69 Å². The van der Waals surface area contributed by atoms with Crippen molar-refractivity contribution < 1.29 is 23.1 Å². The number of hydrogen-bond acceptors (Lipinski definition) is 2. The van der Waals surface area contributed by atoms with Crippen LogP contribution in [0, 0.1) is 9.49 Å². The van der Waals surface area contributed by atoms with Gasteiger partial charge >= 0.3 is 12.1 Å². The second-order valence-electron chi connectivity index (χ2n) is 3.32. The quantitative estimate of drug-likeness (QED) is 0.813. The summed E-state index contributed by atoms with van der Waals surface area (Å²) in [6, 6.07) is 6.67. The number of benzene rings is 1. The molecule has 0 aliphatic rings. The van der Waals surface area contributed by atoms with Crippen LogP contribution in [0.4, 0.5) is 18.9 Å². The number of alkyl halides is 3. The van der Waals surface area contributed by atoms with Crippen molar-refractivity contribution in [3.05, 3.63) is 27.8 Å². The molecule has 1 aromatic rings. The number of carboxylic acid groups (broad SMARTS) is 1. The highest BCUT2D eigenvalue weighted by Crippen LogP contribution is 2.27. The largest absolute Gasteiger partial charge is 0.481 e. The van der Waals surface area contributed by atoms with Gasteiger partial charge in [0, 0.05) is 15.8 Å². The fraction of sp³-hybridized carbons (Fsp3) is 0.300. The van der Waals surface area contributed by atoms with Crippen molar-refractivity contribution in [2.75, 3.05) is 11.9 Å². The zero-order valence-electron chi connectivity index (χ0n) is 8.46. The number of halogens is 4. The summed E-state index contributed by atoms with van der Waals surface area (Å²) in [6.45, 7) is -0.682. The second-order valence-corrected chi connectivity index (χ2v) is 4.57. The SMILES string of the molecule is O=C(O)C(CNc1cccc(I)c1)C(F)(F)F. The zero-order chi connectivity index (χ0) is 13.1. The Hall–Kier alpha value is -0.990. The van der Waals surface area contributed by atoms with Gasteiger partial charge in [0.2, 0.25) is 0 Å². The van der Waals surface area contributed by atoms with Gasteiger partial charge in [0.05, 0.1) is 0 Å². The second kappa shape index (κ2) is 5.56. The molecule has 1 rings (SSSR count). The number of anilines is 1. The molecule has 0 spiro atoms. The summed E-state index contributed by atoms with van der Waals surface area (Å²) >= 11 is 2.01. The molecule has 2 N–H and O–H groups in total. The molecule has 0 saturated heterocycles. The van der Waals surface area contributed by atoms with Crippen molar-refractivity contribution in [2.45, 2.75) is 6.18 Å². The molecule has 0 radical (unpaired) electrons. The first kappa shape index (κ1) is 14.1. The Balaban J connectivity index is 2.68. The third-order valence-electron chi connectivity index (χ3n) is 2.03. The number of carbonyl (C=O) groups is 1. The summed E-state index contributed by atoms with van der Waals surface area (Å²) in [6.07, 6.45) is -4.75. The van der Waals surface area contributed by atoms with Gasteiger partial charge in [0.15, 0.2) is 5.92 Å². The molecule has 0 aliphatic heterocycles. The molecule has 17 heavy (non-hydrogen) atoms. The Morgan fingerprint density at radius 3 is 2.59 bits per heavy atom. The van der Waals surface area contributed by atoms with Crippen LogP contribution in [0.25, 0.3) is 0 Å². The maximum Gasteiger partial charge on any atom is 0.403 e. The summed E-state index contributed by atoms with van der Waals surface area (Å²) in [5.74, 6) is -4.28. The first-order valence-electron chi connectivity index (χ1n) is 4.59. The lowest BCUT2D eigenvalue weighted by atomic mass is 10.1. The van der Waals surface area contributed by atoms with Crippen LogP contribution in [0.5, 0.6) is 0 Å². The fourth-order valence-corrected chi connectivity index (χ4v) is 1.70. The smallest absolute Gasteiger partial charge is 0.403 e. The average Bonchev–Trinajstić information content (AvgIpc) is 2.15. The lowest BCUT2D eigenvalue weighted by Gasteiger charge is -2.17. The van der Waals surface area contributed by atoms with Crippen LogP contribution in [-0.2, 0) is 4.79 Å². The summed E-state index contributed by atoms with van der Waals surface area (Å²) in [7, 11) is 0. The van der Waals surface area contributed by atoms with E-state index >= 15 is 0 Å². The number of carboxylic acids is 1. The first-order valence-corrected chi connectivity index (χ1v) is 5.67. The van der Waals surface area contributed by atoms with Crippen molar-refractivity contribution in [2.24, 2.45) is 5.92 Å². The van der Waals surface area contributed by atoms with E-state index in [9.17, 15) is 18.0 Å². The maximum atomic E-state index is 12.3. The topological polar surface area (TPSA) is 49.3 Å². The standard InChI is InChI=1S/C10H9F3INO2/c11-10(12,13)8(9(16)17)5-15-7-3-1-2-6(14)4-7/h1-4,8,15H,5H2,(H,16,17). The van der Waals surface area contributed by atoms with E-state index in [-0.39, 0.29) is 0 Å². The third kappa shape index (κ3) is 4.41. The van der Waals surface area contributed by atoms with E-state index in [1.165, 1.54) is 0 Å². The number of aliphatic carboxylic acids is 1. The highest BCUT2D eigenvalue weighted by molar-refractivity contribution is 14.1. The highest BCUT2D eigenvalue weighted by Gasteiger charge is 2.44. The van der Waals surface area contributed by atoms with E-state index in [2.05, 4.69) is 5.32 Å². The molecule has 1 atom stereocenters. The molecular weight excluding hydrogens is 350 g/mol. The minimum absolute atomic E-state index is 0.465. The molecule has 1 unspecified atom stereocenters. The molecule has 7 heteroatoms. The van der Waals surface area contributed by atoms with Crippen LogP contribution in [0.3, 0.4) is 0 Å². The van der Waals surface area contributed by atoms with Crippen molar-refractivity contribution in [1.82, 2.24) is 0 Å². The van der Waals surface area contributed by atoms with Gasteiger partial charge in [-0.25, -0.2) is 0 Å². The molecule has 0 aromatic heterocycles. The Labute approximate surface area is 109 Å². The first-order chi connectivity index (χ1) is 7.80. The van der Waals surface area contributed by atoms with Crippen molar-refractivity contribution in [3.8, 4) is 0 Å². The monoisotopic (exact) mass is 359 g/mol. The minimum atomic E-state index is -4.75.